The maximum Gasteiger partial charge on any atom is 0.337 e. The van der Waals surface area contributed by atoms with Gasteiger partial charge in [0.25, 0.3) is 5.91 Å². The van der Waals surface area contributed by atoms with Crippen molar-refractivity contribution in [3.05, 3.63) is 70.8 Å². The van der Waals surface area contributed by atoms with Crippen molar-refractivity contribution in [2.45, 2.75) is 18.7 Å². The number of carbonyl (C=O) groups excluding carboxylic acids is 2. The molecule has 10 heteroatoms. The van der Waals surface area contributed by atoms with Gasteiger partial charge in [0.05, 0.1) is 22.9 Å². The molecule has 0 heterocycles. The number of aromatic carboxylic acids is 1. The fraction of sp³-hybridized carbons (Fsp3) is 0.0800. The Balaban J connectivity index is 1.91. The summed E-state index contributed by atoms with van der Waals surface area (Å²) < 4.78 is 0. The summed E-state index contributed by atoms with van der Waals surface area (Å²) in [6.07, 6.45) is 0. The molecule has 0 saturated carbocycles. The van der Waals surface area contributed by atoms with Crippen molar-refractivity contribution in [2.75, 3.05) is 10.6 Å². The number of phenols is 1. The van der Waals surface area contributed by atoms with Crippen LogP contribution in [-0.2, 0) is 9.59 Å². The lowest BCUT2D eigenvalue weighted by molar-refractivity contribution is -0.114. The van der Waals surface area contributed by atoms with Crippen molar-refractivity contribution in [3.8, 4) is 22.9 Å². The Kier molecular flexibility index (Phi) is 7.22. The van der Waals surface area contributed by atoms with Crippen molar-refractivity contribution in [1.29, 1.82) is 10.7 Å². The van der Waals surface area contributed by atoms with Crippen molar-refractivity contribution < 1.29 is 24.6 Å². The maximum atomic E-state index is 12.7. The minimum Gasteiger partial charge on any atom is -0.507 e. The molecule has 0 spiro atoms. The lowest BCUT2D eigenvalue weighted by Gasteiger charge is -2.15. The van der Waals surface area contributed by atoms with Gasteiger partial charge in [0, 0.05) is 23.1 Å². The van der Waals surface area contributed by atoms with Crippen molar-refractivity contribution >= 4 is 47.5 Å². The molecule has 3 rings (SSSR count). The number of hydrogen-bond acceptors (Lipinski definition) is 7. The molecule has 0 unspecified atom stereocenters. The predicted octanol–water partition coefficient (Wildman–Crippen LogP) is 4.19. The molecule has 0 fully saturated rings. The number of hydrogen-bond donors (Lipinski definition) is 6. The fourth-order valence-corrected chi connectivity index (χ4v) is 3.76. The van der Waals surface area contributed by atoms with E-state index in [1.165, 1.54) is 31.2 Å². The monoisotopic (exact) mass is 488 g/mol. The van der Waals surface area contributed by atoms with Gasteiger partial charge in [-0.05, 0) is 66.1 Å². The lowest BCUT2D eigenvalue weighted by Crippen LogP contribution is -2.24. The quantitative estimate of drug-likeness (QED) is 0.225. The van der Waals surface area contributed by atoms with E-state index >= 15 is 0 Å². The number of nitrogens with zero attached hydrogens (tertiary/aromatic N) is 1. The van der Waals surface area contributed by atoms with E-state index in [4.69, 9.17) is 10.7 Å². The molecule has 0 aromatic heterocycles. The highest BCUT2D eigenvalue weighted by Gasteiger charge is 2.21. The second-order valence-electron chi connectivity index (χ2n) is 7.60. The Labute approximate surface area is 206 Å². The normalized spacial score (nSPS) is 10.2. The number of aryl methyl sites for hydroxylation is 1. The van der Waals surface area contributed by atoms with Gasteiger partial charge in [-0.2, -0.15) is 5.26 Å². The molecule has 176 valence electrons. The predicted molar refractivity (Wildman–Crippen MR) is 133 cm³/mol. The van der Waals surface area contributed by atoms with E-state index < -0.39 is 17.6 Å². The summed E-state index contributed by atoms with van der Waals surface area (Å²) in [5.41, 5.74) is 1.68. The molecule has 0 atom stereocenters. The van der Waals surface area contributed by atoms with E-state index in [-0.39, 0.29) is 34.0 Å². The van der Waals surface area contributed by atoms with Crippen LogP contribution in [0.2, 0.25) is 0 Å². The Bertz CT molecular complexity index is 1440. The summed E-state index contributed by atoms with van der Waals surface area (Å²) in [5, 5.41) is 42.2. The number of carboxylic acid groups (broad SMARTS) is 1. The van der Waals surface area contributed by atoms with Crippen molar-refractivity contribution in [3.63, 3.8) is 0 Å². The number of carbonyl (C=O) groups is 3. The molecule has 0 bridgehead atoms. The van der Waals surface area contributed by atoms with E-state index in [0.29, 0.717) is 16.1 Å². The molecule has 2 amide bonds. The molecule has 35 heavy (non-hydrogen) atoms. The molecule has 0 saturated heterocycles. The first kappa shape index (κ1) is 25.0. The summed E-state index contributed by atoms with van der Waals surface area (Å²) in [7, 11) is 0. The zero-order valence-corrected chi connectivity index (χ0v) is 19.5. The van der Waals surface area contributed by atoms with Crippen LogP contribution in [-0.4, -0.2) is 33.7 Å². The highest BCUT2D eigenvalue weighted by molar-refractivity contribution is 7.80. The van der Waals surface area contributed by atoms with Gasteiger partial charge < -0.3 is 20.8 Å². The summed E-state index contributed by atoms with van der Waals surface area (Å²) >= 11 is 4.46. The van der Waals surface area contributed by atoms with Crippen LogP contribution in [0, 0.1) is 23.7 Å². The third-order valence-corrected chi connectivity index (χ3v) is 5.44. The lowest BCUT2D eigenvalue weighted by atomic mass is 9.96. The van der Waals surface area contributed by atoms with Gasteiger partial charge in [-0.25, -0.2) is 4.79 Å². The zero-order chi connectivity index (χ0) is 25.9. The number of thiol groups is 1. The summed E-state index contributed by atoms with van der Waals surface area (Å²) in [6.45, 7) is 3.23. The number of benzene rings is 3. The van der Waals surface area contributed by atoms with Crippen molar-refractivity contribution in [2.24, 2.45) is 0 Å². The van der Waals surface area contributed by atoms with Crippen LogP contribution >= 0.6 is 12.6 Å². The molecule has 9 nitrogen and oxygen atoms in total. The van der Waals surface area contributed by atoms with Crippen LogP contribution in [0.4, 0.5) is 11.4 Å². The van der Waals surface area contributed by atoms with Crippen LogP contribution in [0.25, 0.3) is 11.1 Å². The summed E-state index contributed by atoms with van der Waals surface area (Å²) in [4.78, 5) is 35.8. The van der Waals surface area contributed by atoms with Gasteiger partial charge in [0.1, 0.15) is 11.5 Å². The van der Waals surface area contributed by atoms with E-state index in [2.05, 4.69) is 23.3 Å². The Morgan fingerprint density at radius 2 is 1.71 bits per heavy atom. The smallest absolute Gasteiger partial charge is 0.337 e. The van der Waals surface area contributed by atoms with Gasteiger partial charge in [-0.15, -0.1) is 12.6 Å². The molecule has 0 radical (unpaired) electrons. The summed E-state index contributed by atoms with van der Waals surface area (Å²) in [6, 6.07) is 13.5. The van der Waals surface area contributed by atoms with Gasteiger partial charge in [0.2, 0.25) is 5.91 Å². The number of amides is 2. The molecule has 3 aromatic rings. The minimum absolute atomic E-state index is 0.0941. The van der Waals surface area contributed by atoms with E-state index in [9.17, 15) is 24.6 Å². The van der Waals surface area contributed by atoms with Gasteiger partial charge in [-0.3, -0.25) is 15.0 Å². The van der Waals surface area contributed by atoms with E-state index in [1.807, 2.05) is 13.0 Å². The first-order valence-electron chi connectivity index (χ1n) is 10.1. The van der Waals surface area contributed by atoms with Gasteiger partial charge in [-0.1, -0.05) is 6.07 Å². The average molecular weight is 489 g/mol. The number of rotatable bonds is 6. The van der Waals surface area contributed by atoms with Crippen LogP contribution in [0.3, 0.4) is 0 Å². The number of anilines is 2. The third kappa shape index (κ3) is 5.48. The Hall–Kier alpha value is -4.62. The summed E-state index contributed by atoms with van der Waals surface area (Å²) in [5.74, 6) is -2.86. The maximum absolute atomic E-state index is 12.7. The Morgan fingerprint density at radius 1 is 1.00 bits per heavy atom. The molecule has 5 N–H and O–H groups in total. The topological polar surface area (TPSA) is 163 Å². The van der Waals surface area contributed by atoms with Gasteiger partial charge >= 0.3 is 5.97 Å². The van der Waals surface area contributed by atoms with Crippen LogP contribution in [0.15, 0.2) is 53.4 Å². The zero-order valence-electron chi connectivity index (χ0n) is 18.6. The van der Waals surface area contributed by atoms with E-state index in [0.717, 1.165) is 17.2 Å². The minimum atomic E-state index is -1.35. The molecule has 0 aliphatic rings. The molecule has 0 aliphatic heterocycles. The van der Waals surface area contributed by atoms with Crippen molar-refractivity contribution in [1.82, 2.24) is 0 Å². The Morgan fingerprint density at radius 3 is 2.31 bits per heavy atom. The number of phenolic OH excluding ortho intramolecular Hbond substituents is 1. The molecular formula is C25H20N4O5S. The first-order chi connectivity index (χ1) is 16.5. The highest BCUT2D eigenvalue weighted by atomic mass is 32.1. The largest absolute Gasteiger partial charge is 0.507 e. The van der Waals surface area contributed by atoms with Crippen LogP contribution in [0.1, 0.15) is 34.0 Å². The highest BCUT2D eigenvalue weighted by Crippen LogP contribution is 2.35. The standard InChI is InChI=1S/C25H20N4O5S/c1-12-7-15(28-13(2)30)4-5-16(12)17-9-21(31)19(10-22(17)35)23(27)24(32)29-20-6-3-14(11-26)8-18(20)25(33)34/h3-10,27,31,35H,1-2H3,(H,28,30)(H,29,32)(H,33,34). The fourth-order valence-electron chi connectivity index (χ4n) is 3.45. The average Bonchev–Trinajstić information content (AvgIpc) is 2.79. The number of nitrogens with one attached hydrogen (secondary N) is 3. The second kappa shape index (κ2) is 10.1. The molecule has 3 aromatic carbocycles. The molecular weight excluding hydrogens is 468 g/mol. The SMILES string of the molecule is CC(=O)Nc1ccc(-c2cc(O)c(C(=N)C(=O)Nc3ccc(C#N)cc3C(=O)O)cc2S)c(C)c1. The first-order valence-corrected chi connectivity index (χ1v) is 10.6. The number of aromatic hydroxyl groups is 1. The third-order valence-electron chi connectivity index (χ3n) is 5.07. The van der Waals surface area contributed by atoms with E-state index in [1.54, 1.807) is 18.2 Å². The second-order valence-corrected chi connectivity index (χ2v) is 8.09. The van der Waals surface area contributed by atoms with Crippen LogP contribution in [0.5, 0.6) is 5.75 Å². The van der Waals surface area contributed by atoms with Gasteiger partial charge in [0.15, 0.2) is 0 Å². The number of nitriles is 1. The van der Waals surface area contributed by atoms with Crippen LogP contribution < -0.4 is 10.6 Å². The molecule has 0 aliphatic carbocycles. The number of carboxylic acids is 1.